The second-order valence-electron chi connectivity index (χ2n) is 3.72. The van der Waals surface area contributed by atoms with Crippen LogP contribution >= 0.6 is 0 Å². The number of hydrogen-bond acceptors (Lipinski definition) is 3. The van der Waals surface area contributed by atoms with Gasteiger partial charge in [0.05, 0.1) is 18.8 Å². The molecule has 14 heavy (non-hydrogen) atoms. The Balaban J connectivity index is 2.53. The van der Waals surface area contributed by atoms with Crippen LogP contribution in [0.15, 0.2) is 11.6 Å². The molecule has 1 aliphatic heterocycles. The molecule has 3 heteroatoms. The second-order valence-corrected chi connectivity index (χ2v) is 3.72. The van der Waals surface area contributed by atoms with Crippen molar-refractivity contribution in [2.24, 2.45) is 0 Å². The van der Waals surface area contributed by atoms with E-state index < -0.39 is 0 Å². The summed E-state index contributed by atoms with van der Waals surface area (Å²) < 4.78 is 10.4. The lowest BCUT2D eigenvalue weighted by atomic mass is 9.99. The molecule has 0 aromatic carbocycles. The number of esters is 1. The van der Waals surface area contributed by atoms with Crippen molar-refractivity contribution in [2.45, 2.75) is 45.8 Å². The third kappa shape index (κ3) is 3.50. The van der Waals surface area contributed by atoms with Crippen molar-refractivity contribution in [3.63, 3.8) is 0 Å². The molecule has 0 aromatic rings. The number of rotatable bonds is 2. The minimum atomic E-state index is -0.233. The van der Waals surface area contributed by atoms with E-state index in [0.29, 0.717) is 6.61 Å². The highest BCUT2D eigenvalue weighted by molar-refractivity contribution is 5.82. The summed E-state index contributed by atoms with van der Waals surface area (Å²) in [6.45, 7) is 6.29. The fourth-order valence-corrected chi connectivity index (χ4v) is 1.78. The summed E-state index contributed by atoms with van der Waals surface area (Å²) in [5.41, 5.74) is 1.13. The maximum atomic E-state index is 11.2. The van der Waals surface area contributed by atoms with Crippen LogP contribution in [-0.4, -0.2) is 24.8 Å². The molecule has 0 unspecified atom stereocenters. The van der Waals surface area contributed by atoms with Gasteiger partial charge in [-0.25, -0.2) is 4.79 Å². The first-order valence-electron chi connectivity index (χ1n) is 5.13. The third-order valence-corrected chi connectivity index (χ3v) is 2.17. The Labute approximate surface area is 85.1 Å². The second kappa shape index (κ2) is 5.15. The Kier molecular flexibility index (Phi) is 4.14. The molecule has 1 saturated heterocycles. The SMILES string of the molecule is CCOC(=O)C=C1C[C@@H](C)O[C@@H](C)C1. The van der Waals surface area contributed by atoms with E-state index in [1.165, 1.54) is 0 Å². The van der Waals surface area contributed by atoms with Gasteiger partial charge in [-0.15, -0.1) is 0 Å². The largest absolute Gasteiger partial charge is 0.463 e. The number of hydrogen-bond donors (Lipinski definition) is 0. The van der Waals surface area contributed by atoms with E-state index in [1.807, 2.05) is 20.8 Å². The molecular weight excluding hydrogens is 180 g/mol. The van der Waals surface area contributed by atoms with E-state index in [-0.39, 0.29) is 18.2 Å². The van der Waals surface area contributed by atoms with Crippen molar-refractivity contribution < 1.29 is 14.3 Å². The monoisotopic (exact) mass is 198 g/mol. The molecule has 0 saturated carbocycles. The summed E-state index contributed by atoms with van der Waals surface area (Å²) in [7, 11) is 0. The van der Waals surface area contributed by atoms with Gasteiger partial charge in [0.25, 0.3) is 0 Å². The van der Waals surface area contributed by atoms with Gasteiger partial charge in [0.15, 0.2) is 0 Å². The maximum Gasteiger partial charge on any atom is 0.330 e. The van der Waals surface area contributed by atoms with Crippen LogP contribution in [0.2, 0.25) is 0 Å². The van der Waals surface area contributed by atoms with Crippen molar-refractivity contribution in [1.29, 1.82) is 0 Å². The van der Waals surface area contributed by atoms with Gasteiger partial charge in [-0.1, -0.05) is 5.57 Å². The molecule has 1 aliphatic rings. The normalized spacial score (nSPS) is 30.4. The number of ether oxygens (including phenoxy) is 2. The van der Waals surface area contributed by atoms with Crippen molar-refractivity contribution in [2.75, 3.05) is 6.61 Å². The predicted octanol–water partition coefficient (Wildman–Crippen LogP) is 2.06. The maximum absolute atomic E-state index is 11.2. The lowest BCUT2D eigenvalue weighted by Gasteiger charge is -2.27. The first-order valence-corrected chi connectivity index (χ1v) is 5.13. The van der Waals surface area contributed by atoms with Gasteiger partial charge in [0.1, 0.15) is 0 Å². The Morgan fingerprint density at radius 1 is 1.50 bits per heavy atom. The molecule has 0 bridgehead atoms. The van der Waals surface area contributed by atoms with E-state index in [4.69, 9.17) is 9.47 Å². The standard InChI is InChI=1S/C11H18O3/c1-4-13-11(12)7-10-5-8(2)14-9(3)6-10/h7-9H,4-6H2,1-3H3/t8-,9+. The quantitative estimate of drug-likeness (QED) is 0.503. The van der Waals surface area contributed by atoms with Gasteiger partial charge < -0.3 is 9.47 Å². The van der Waals surface area contributed by atoms with Gasteiger partial charge in [0, 0.05) is 6.08 Å². The molecule has 1 fully saturated rings. The molecule has 3 nitrogen and oxygen atoms in total. The van der Waals surface area contributed by atoms with Gasteiger partial charge >= 0.3 is 5.97 Å². The van der Waals surface area contributed by atoms with Gasteiger partial charge in [-0.2, -0.15) is 0 Å². The molecule has 0 N–H and O–H groups in total. The summed E-state index contributed by atoms with van der Waals surface area (Å²) in [5.74, 6) is -0.233. The van der Waals surface area contributed by atoms with Gasteiger partial charge in [-0.3, -0.25) is 0 Å². The average molecular weight is 198 g/mol. The van der Waals surface area contributed by atoms with E-state index >= 15 is 0 Å². The summed E-state index contributed by atoms with van der Waals surface area (Å²) in [5, 5.41) is 0. The highest BCUT2D eigenvalue weighted by atomic mass is 16.5. The van der Waals surface area contributed by atoms with Crippen LogP contribution in [0.25, 0.3) is 0 Å². The highest BCUT2D eigenvalue weighted by Crippen LogP contribution is 2.23. The molecule has 0 amide bonds. The van der Waals surface area contributed by atoms with Crippen molar-refractivity contribution in [3.05, 3.63) is 11.6 Å². The smallest absolute Gasteiger partial charge is 0.330 e. The minimum absolute atomic E-state index is 0.208. The Morgan fingerprint density at radius 2 is 2.07 bits per heavy atom. The van der Waals surface area contributed by atoms with E-state index in [0.717, 1.165) is 18.4 Å². The van der Waals surface area contributed by atoms with Crippen LogP contribution in [0.5, 0.6) is 0 Å². The Bertz CT molecular complexity index is 221. The predicted molar refractivity (Wildman–Crippen MR) is 54.0 cm³/mol. The van der Waals surface area contributed by atoms with E-state index in [1.54, 1.807) is 6.08 Å². The number of carbonyl (C=O) groups excluding carboxylic acids is 1. The first-order chi connectivity index (χ1) is 6.61. The van der Waals surface area contributed by atoms with E-state index in [2.05, 4.69) is 0 Å². The van der Waals surface area contributed by atoms with E-state index in [9.17, 15) is 4.79 Å². The molecule has 0 aliphatic carbocycles. The molecule has 0 spiro atoms. The molecule has 1 heterocycles. The molecule has 80 valence electrons. The van der Waals surface area contributed by atoms with Crippen LogP contribution in [0.1, 0.15) is 33.6 Å². The minimum Gasteiger partial charge on any atom is -0.463 e. The van der Waals surface area contributed by atoms with Crippen LogP contribution in [0.4, 0.5) is 0 Å². The van der Waals surface area contributed by atoms with Crippen molar-refractivity contribution >= 4 is 5.97 Å². The molecular formula is C11H18O3. The average Bonchev–Trinajstić information content (AvgIpc) is 2.01. The lowest BCUT2D eigenvalue weighted by molar-refractivity contribution is -0.137. The van der Waals surface area contributed by atoms with Crippen LogP contribution in [-0.2, 0) is 14.3 Å². The van der Waals surface area contributed by atoms with Crippen molar-refractivity contribution in [3.8, 4) is 0 Å². The zero-order valence-electron chi connectivity index (χ0n) is 9.08. The first kappa shape index (κ1) is 11.2. The summed E-state index contributed by atoms with van der Waals surface area (Å²) >= 11 is 0. The molecule has 1 rings (SSSR count). The zero-order valence-corrected chi connectivity index (χ0v) is 9.08. The van der Waals surface area contributed by atoms with Crippen LogP contribution < -0.4 is 0 Å². The van der Waals surface area contributed by atoms with Gasteiger partial charge in [-0.05, 0) is 33.6 Å². The number of carbonyl (C=O) groups is 1. The zero-order chi connectivity index (χ0) is 10.6. The highest BCUT2D eigenvalue weighted by Gasteiger charge is 2.19. The third-order valence-electron chi connectivity index (χ3n) is 2.17. The summed E-state index contributed by atoms with van der Waals surface area (Å²) in [6.07, 6.45) is 3.70. The molecule has 0 aromatic heterocycles. The van der Waals surface area contributed by atoms with Crippen molar-refractivity contribution in [1.82, 2.24) is 0 Å². The fraction of sp³-hybridized carbons (Fsp3) is 0.727. The summed E-state index contributed by atoms with van der Waals surface area (Å²) in [6, 6.07) is 0. The molecule has 0 radical (unpaired) electrons. The Morgan fingerprint density at radius 3 is 2.57 bits per heavy atom. The van der Waals surface area contributed by atoms with Gasteiger partial charge in [0.2, 0.25) is 0 Å². The van der Waals surface area contributed by atoms with Crippen LogP contribution in [0, 0.1) is 0 Å². The Hall–Kier alpha value is -0.830. The topological polar surface area (TPSA) is 35.5 Å². The fourth-order valence-electron chi connectivity index (χ4n) is 1.78. The molecule has 2 atom stereocenters. The lowest BCUT2D eigenvalue weighted by Crippen LogP contribution is -2.24. The van der Waals surface area contributed by atoms with Crippen LogP contribution in [0.3, 0.4) is 0 Å². The summed E-state index contributed by atoms with van der Waals surface area (Å²) in [4.78, 5) is 11.2.